The summed E-state index contributed by atoms with van der Waals surface area (Å²) < 4.78 is 22.3. The summed E-state index contributed by atoms with van der Waals surface area (Å²) in [6.07, 6.45) is -0.463. The highest BCUT2D eigenvalue weighted by Gasteiger charge is 2.49. The van der Waals surface area contributed by atoms with Crippen LogP contribution in [0, 0.1) is 17.2 Å². The van der Waals surface area contributed by atoms with Crippen molar-refractivity contribution in [1.82, 2.24) is 10.9 Å². The number of benzene rings is 2. The number of nitrogens with one attached hydrogen (secondary N) is 2. The highest BCUT2D eigenvalue weighted by atomic mass is 16.5. The van der Waals surface area contributed by atoms with E-state index in [1.165, 1.54) is 7.11 Å². The first-order valence-electron chi connectivity index (χ1n) is 10.9. The molecule has 34 heavy (non-hydrogen) atoms. The maximum absolute atomic E-state index is 11.1. The van der Waals surface area contributed by atoms with Crippen LogP contribution in [-0.4, -0.2) is 32.5 Å². The predicted molar refractivity (Wildman–Crippen MR) is 122 cm³/mol. The summed E-state index contributed by atoms with van der Waals surface area (Å²) in [6, 6.07) is 15.1. The number of nitrogens with two attached hydrogens (primary N) is 2. The number of methoxy groups -OCH3 is 1. The molecule has 0 saturated carbocycles. The summed E-state index contributed by atoms with van der Waals surface area (Å²) in [5, 5.41) is 9.96. The Hall–Kier alpha value is -3.94. The minimum absolute atomic E-state index is 0.0726. The van der Waals surface area contributed by atoms with Gasteiger partial charge in [0.25, 0.3) is 5.91 Å². The number of fused-ring (bicyclic) bond motifs is 1. The lowest BCUT2D eigenvalue weighted by atomic mass is 9.74. The van der Waals surface area contributed by atoms with Gasteiger partial charge < -0.3 is 30.4 Å². The van der Waals surface area contributed by atoms with E-state index in [4.69, 9.17) is 30.4 Å². The molecule has 0 radical (unpaired) electrons. The van der Waals surface area contributed by atoms with Crippen molar-refractivity contribution in [3.63, 3.8) is 0 Å². The van der Waals surface area contributed by atoms with Gasteiger partial charge in [-0.1, -0.05) is 18.2 Å². The van der Waals surface area contributed by atoms with E-state index in [1.807, 2.05) is 37.3 Å². The van der Waals surface area contributed by atoms with E-state index in [9.17, 15) is 10.1 Å². The Kier molecular flexibility index (Phi) is 6.77. The van der Waals surface area contributed by atoms with E-state index in [0.717, 1.165) is 16.9 Å². The largest absolute Gasteiger partial charge is 0.494 e. The van der Waals surface area contributed by atoms with E-state index in [-0.39, 0.29) is 24.4 Å². The van der Waals surface area contributed by atoms with Gasteiger partial charge in [-0.3, -0.25) is 4.79 Å². The Bertz CT molecular complexity index is 1130. The Labute approximate surface area is 197 Å². The number of primary amides is 1. The van der Waals surface area contributed by atoms with Crippen molar-refractivity contribution in [2.24, 2.45) is 17.4 Å². The van der Waals surface area contributed by atoms with E-state index in [2.05, 4.69) is 16.9 Å². The number of hydrogen-bond acceptors (Lipinski definition) is 9. The minimum atomic E-state index is -0.595. The highest BCUT2D eigenvalue weighted by Crippen LogP contribution is 2.48. The predicted octanol–water partition coefficient (Wildman–Crippen LogP) is 1.56. The van der Waals surface area contributed by atoms with Crippen LogP contribution in [0.4, 0.5) is 0 Å². The molecule has 2 aliphatic heterocycles. The zero-order chi connectivity index (χ0) is 24.2. The molecule has 1 amide bonds. The number of ether oxygens (including phenoxy) is 4. The number of amides is 1. The molecular formula is C24H27N5O5. The summed E-state index contributed by atoms with van der Waals surface area (Å²) >= 11 is 0. The zero-order valence-electron chi connectivity index (χ0n) is 18.9. The van der Waals surface area contributed by atoms with Crippen molar-refractivity contribution in [2.75, 3.05) is 20.3 Å². The van der Waals surface area contributed by atoms with E-state index < -0.39 is 18.1 Å². The van der Waals surface area contributed by atoms with Gasteiger partial charge in [-0.25, -0.2) is 10.9 Å². The lowest BCUT2D eigenvalue weighted by molar-refractivity contribution is -0.119. The summed E-state index contributed by atoms with van der Waals surface area (Å²) in [4.78, 5) is 11.1. The van der Waals surface area contributed by atoms with Crippen molar-refractivity contribution < 1.29 is 23.7 Å². The van der Waals surface area contributed by atoms with Gasteiger partial charge in [0.15, 0.2) is 24.3 Å². The third-order valence-corrected chi connectivity index (χ3v) is 5.92. The normalized spacial score (nSPS) is 23.4. The molecule has 10 nitrogen and oxygen atoms in total. The Morgan fingerprint density at radius 2 is 1.85 bits per heavy atom. The molecule has 2 aliphatic rings. The number of hydrazine groups is 1. The molecule has 10 heteroatoms. The second-order valence-corrected chi connectivity index (χ2v) is 7.92. The second-order valence-electron chi connectivity index (χ2n) is 7.92. The van der Waals surface area contributed by atoms with Gasteiger partial charge in [-0.05, 0) is 42.3 Å². The van der Waals surface area contributed by atoms with Gasteiger partial charge in [-0.2, -0.15) is 5.26 Å². The van der Waals surface area contributed by atoms with E-state index in [1.54, 1.807) is 12.1 Å². The van der Waals surface area contributed by atoms with Crippen LogP contribution in [0.25, 0.3) is 0 Å². The van der Waals surface area contributed by atoms with Gasteiger partial charge in [0.05, 0.1) is 25.3 Å². The van der Waals surface area contributed by atoms with Crippen LogP contribution in [0.1, 0.15) is 30.0 Å². The van der Waals surface area contributed by atoms with Crippen molar-refractivity contribution in [2.45, 2.75) is 25.1 Å². The smallest absolute Gasteiger partial charge is 0.255 e. The van der Waals surface area contributed by atoms with Crippen molar-refractivity contribution in [3.8, 4) is 23.3 Å². The van der Waals surface area contributed by atoms with Crippen LogP contribution in [0.5, 0.6) is 17.2 Å². The summed E-state index contributed by atoms with van der Waals surface area (Å²) in [5.74, 6) is 0.432. The first-order chi connectivity index (χ1) is 16.5. The first kappa shape index (κ1) is 23.2. The molecule has 1 fully saturated rings. The quantitative estimate of drug-likeness (QED) is 0.455. The summed E-state index contributed by atoms with van der Waals surface area (Å²) in [7, 11) is 1.50. The molecular weight excluding hydrogens is 438 g/mol. The topological polar surface area (TPSA) is 154 Å². The average molecular weight is 466 g/mol. The van der Waals surface area contributed by atoms with Gasteiger partial charge in [0.1, 0.15) is 11.8 Å². The molecule has 0 spiro atoms. The molecule has 2 aromatic carbocycles. The molecule has 1 saturated heterocycles. The van der Waals surface area contributed by atoms with Gasteiger partial charge >= 0.3 is 0 Å². The fourth-order valence-electron chi connectivity index (χ4n) is 4.46. The van der Waals surface area contributed by atoms with Crippen molar-refractivity contribution >= 4 is 5.91 Å². The average Bonchev–Trinajstić information content (AvgIpc) is 3.25. The van der Waals surface area contributed by atoms with Crippen LogP contribution in [0.2, 0.25) is 0 Å². The molecule has 0 aromatic heterocycles. The van der Waals surface area contributed by atoms with E-state index >= 15 is 0 Å². The summed E-state index contributed by atoms with van der Waals surface area (Å²) in [6.45, 7) is 2.24. The number of nitriles is 1. The molecule has 4 atom stereocenters. The number of carbonyl (C=O) groups is 1. The molecule has 178 valence electrons. The number of hydrogen-bond donors (Lipinski definition) is 4. The highest BCUT2D eigenvalue weighted by molar-refractivity contribution is 5.75. The van der Waals surface area contributed by atoms with Crippen molar-refractivity contribution in [1.29, 1.82) is 5.26 Å². The van der Waals surface area contributed by atoms with Gasteiger partial charge in [0.2, 0.25) is 5.88 Å². The maximum atomic E-state index is 11.1. The van der Waals surface area contributed by atoms with Gasteiger partial charge in [-0.15, -0.1) is 0 Å². The Morgan fingerprint density at radius 3 is 2.50 bits per heavy atom. The standard InChI is InChI=1S/C24H27N5O5/c1-3-32-15-7-4-13(5-8-15)22-21-20(16(11-25)23(27)34-24(21)29-28-22)14-6-9-17(18(10-14)31-2)33-12-19(26)30/h4-10,20-22,24,28-29H,3,12,27H2,1-2H3,(H2,26,30). The fraction of sp³-hybridized carbons (Fsp3) is 0.333. The molecule has 0 aliphatic carbocycles. The molecule has 6 N–H and O–H groups in total. The second kappa shape index (κ2) is 9.91. The third kappa shape index (κ3) is 4.44. The van der Waals surface area contributed by atoms with Crippen LogP contribution < -0.4 is 36.5 Å². The number of nitrogens with zero attached hydrogens (tertiary/aromatic N) is 1. The van der Waals surface area contributed by atoms with Crippen molar-refractivity contribution in [3.05, 3.63) is 65.0 Å². The lowest BCUT2D eigenvalue weighted by Crippen LogP contribution is -2.41. The number of rotatable bonds is 8. The Morgan fingerprint density at radius 1 is 1.12 bits per heavy atom. The Balaban J connectivity index is 1.73. The van der Waals surface area contributed by atoms with Gasteiger partial charge in [0, 0.05) is 11.8 Å². The monoisotopic (exact) mass is 465 g/mol. The van der Waals surface area contributed by atoms with Crippen LogP contribution in [0.3, 0.4) is 0 Å². The van der Waals surface area contributed by atoms with Crippen LogP contribution in [-0.2, 0) is 9.53 Å². The van der Waals surface area contributed by atoms with Crippen LogP contribution >= 0.6 is 0 Å². The SMILES string of the molecule is CCOc1ccc(C2NNC3OC(N)=C(C#N)C(c4ccc(OCC(N)=O)c(OC)c4)C32)cc1. The number of allylic oxidation sites excluding steroid dienone is 1. The molecule has 0 bridgehead atoms. The fourth-order valence-corrected chi connectivity index (χ4v) is 4.46. The van der Waals surface area contributed by atoms with E-state index in [0.29, 0.717) is 23.7 Å². The zero-order valence-corrected chi connectivity index (χ0v) is 18.9. The molecule has 4 rings (SSSR count). The third-order valence-electron chi connectivity index (χ3n) is 5.92. The minimum Gasteiger partial charge on any atom is -0.494 e. The number of carbonyl (C=O) groups excluding carboxylic acids is 1. The molecule has 4 unspecified atom stereocenters. The molecule has 2 heterocycles. The first-order valence-corrected chi connectivity index (χ1v) is 10.9. The summed E-state index contributed by atoms with van der Waals surface area (Å²) in [5.41, 5.74) is 19.9. The maximum Gasteiger partial charge on any atom is 0.255 e. The van der Waals surface area contributed by atoms with Crippen LogP contribution in [0.15, 0.2) is 53.9 Å². The molecule has 2 aromatic rings. The lowest BCUT2D eigenvalue weighted by Gasteiger charge is -2.36.